The fourth-order valence-corrected chi connectivity index (χ4v) is 2.91. The summed E-state index contributed by atoms with van der Waals surface area (Å²) < 4.78 is 5.72. The number of aryl methyl sites for hydroxylation is 2. The highest BCUT2D eigenvalue weighted by Gasteiger charge is 2.14. The van der Waals surface area contributed by atoms with Gasteiger partial charge in [-0.15, -0.1) is 11.3 Å². The molecular weight excluding hydrogens is 274 g/mol. The number of aliphatic carboxylic acids is 1. The first-order valence-electron chi connectivity index (χ1n) is 6.42. The molecule has 20 heavy (non-hydrogen) atoms. The topological polar surface area (TPSA) is 59.4 Å². The second-order valence-corrected chi connectivity index (χ2v) is 5.53. The van der Waals surface area contributed by atoms with Gasteiger partial charge in [0.2, 0.25) is 0 Å². The van der Waals surface area contributed by atoms with Crippen LogP contribution in [-0.2, 0) is 11.2 Å². The predicted octanol–water partition coefficient (Wildman–Crippen LogP) is 3.45. The molecule has 1 aromatic heterocycles. The van der Waals surface area contributed by atoms with Crippen LogP contribution in [0.5, 0.6) is 5.75 Å². The minimum atomic E-state index is -0.864. The van der Waals surface area contributed by atoms with Gasteiger partial charge in [0.05, 0.1) is 18.7 Å². The molecule has 1 aromatic carbocycles. The number of carboxylic acids is 1. The highest BCUT2D eigenvalue weighted by atomic mass is 32.1. The number of aromatic nitrogens is 1. The van der Waals surface area contributed by atoms with Crippen molar-refractivity contribution in [3.8, 4) is 17.0 Å². The Kier molecular flexibility index (Phi) is 4.39. The molecule has 0 aliphatic rings. The standard InChI is InChI=1S/C15H17NO3S/c1-4-19-15-10(3)5-9(2)6-11(15)12-8-20-13(16-12)7-14(17)18/h5-6,8H,4,7H2,1-3H3,(H,17,18). The molecule has 1 heterocycles. The molecule has 0 aliphatic carbocycles. The normalized spacial score (nSPS) is 10.6. The van der Waals surface area contributed by atoms with E-state index in [4.69, 9.17) is 9.84 Å². The Balaban J connectivity index is 2.45. The summed E-state index contributed by atoms with van der Waals surface area (Å²) in [4.78, 5) is 15.1. The number of hydrogen-bond acceptors (Lipinski definition) is 4. The number of hydrogen-bond donors (Lipinski definition) is 1. The second kappa shape index (κ2) is 6.05. The molecule has 2 aromatic rings. The lowest BCUT2D eigenvalue weighted by Gasteiger charge is -2.13. The van der Waals surface area contributed by atoms with E-state index in [2.05, 4.69) is 11.1 Å². The quantitative estimate of drug-likeness (QED) is 0.916. The van der Waals surface area contributed by atoms with E-state index < -0.39 is 5.97 Å². The molecular formula is C15H17NO3S. The van der Waals surface area contributed by atoms with Crippen LogP contribution in [0.15, 0.2) is 17.5 Å². The van der Waals surface area contributed by atoms with Gasteiger partial charge in [0.1, 0.15) is 10.8 Å². The fraction of sp³-hybridized carbons (Fsp3) is 0.333. The molecule has 4 nitrogen and oxygen atoms in total. The second-order valence-electron chi connectivity index (χ2n) is 4.59. The Morgan fingerprint density at radius 3 is 2.80 bits per heavy atom. The summed E-state index contributed by atoms with van der Waals surface area (Å²) in [5.41, 5.74) is 3.90. The lowest BCUT2D eigenvalue weighted by Crippen LogP contribution is -2.00. The molecule has 0 amide bonds. The molecule has 0 unspecified atom stereocenters. The molecule has 2 rings (SSSR count). The molecule has 1 N–H and O–H groups in total. The summed E-state index contributed by atoms with van der Waals surface area (Å²) in [5.74, 6) is -0.0402. The number of carbonyl (C=O) groups is 1. The van der Waals surface area contributed by atoms with E-state index in [1.54, 1.807) is 0 Å². The van der Waals surface area contributed by atoms with E-state index in [-0.39, 0.29) is 6.42 Å². The maximum atomic E-state index is 10.7. The van der Waals surface area contributed by atoms with Gasteiger partial charge in [-0.3, -0.25) is 4.79 Å². The first-order valence-corrected chi connectivity index (χ1v) is 7.29. The van der Waals surface area contributed by atoms with E-state index in [0.717, 1.165) is 28.1 Å². The van der Waals surface area contributed by atoms with Crippen LogP contribution in [-0.4, -0.2) is 22.7 Å². The van der Waals surface area contributed by atoms with Crippen LogP contribution in [0, 0.1) is 13.8 Å². The van der Waals surface area contributed by atoms with Crippen LogP contribution >= 0.6 is 11.3 Å². The molecule has 0 bridgehead atoms. The summed E-state index contributed by atoms with van der Waals surface area (Å²) >= 11 is 1.36. The highest BCUT2D eigenvalue weighted by Crippen LogP contribution is 2.35. The average molecular weight is 291 g/mol. The highest BCUT2D eigenvalue weighted by molar-refractivity contribution is 7.10. The van der Waals surface area contributed by atoms with Crippen molar-refractivity contribution in [2.75, 3.05) is 6.61 Å². The SMILES string of the molecule is CCOc1c(C)cc(C)cc1-c1csc(CC(=O)O)n1. The number of benzene rings is 1. The maximum Gasteiger partial charge on any atom is 0.310 e. The number of ether oxygens (including phenoxy) is 1. The third-order valence-corrected chi connectivity index (χ3v) is 3.69. The maximum absolute atomic E-state index is 10.7. The van der Waals surface area contributed by atoms with E-state index in [9.17, 15) is 4.79 Å². The Morgan fingerprint density at radius 1 is 1.40 bits per heavy atom. The van der Waals surface area contributed by atoms with Gasteiger partial charge in [-0.05, 0) is 38.0 Å². The largest absolute Gasteiger partial charge is 0.493 e. The lowest BCUT2D eigenvalue weighted by molar-refractivity contribution is -0.136. The van der Waals surface area contributed by atoms with E-state index >= 15 is 0 Å². The van der Waals surface area contributed by atoms with Crippen LogP contribution in [0.3, 0.4) is 0 Å². The van der Waals surface area contributed by atoms with Gasteiger partial charge in [0.25, 0.3) is 0 Å². The van der Waals surface area contributed by atoms with E-state index in [0.29, 0.717) is 11.6 Å². The summed E-state index contributed by atoms with van der Waals surface area (Å²) in [6, 6.07) is 4.09. The predicted molar refractivity (Wildman–Crippen MR) is 79.5 cm³/mol. The smallest absolute Gasteiger partial charge is 0.310 e. The minimum absolute atomic E-state index is 0.0422. The molecule has 0 aliphatic heterocycles. The monoisotopic (exact) mass is 291 g/mol. The van der Waals surface area contributed by atoms with Crippen molar-refractivity contribution in [2.24, 2.45) is 0 Å². The number of thiazole rings is 1. The molecule has 0 fully saturated rings. The average Bonchev–Trinajstić information content (AvgIpc) is 2.79. The van der Waals surface area contributed by atoms with Crippen molar-refractivity contribution in [1.29, 1.82) is 0 Å². The van der Waals surface area contributed by atoms with Crippen molar-refractivity contribution in [1.82, 2.24) is 4.98 Å². The summed E-state index contributed by atoms with van der Waals surface area (Å²) in [6.45, 7) is 6.56. The minimum Gasteiger partial charge on any atom is -0.493 e. The van der Waals surface area contributed by atoms with E-state index in [1.165, 1.54) is 11.3 Å². The Bertz CT molecular complexity index is 634. The van der Waals surface area contributed by atoms with Crippen molar-refractivity contribution in [2.45, 2.75) is 27.2 Å². The van der Waals surface area contributed by atoms with Crippen LogP contribution < -0.4 is 4.74 Å². The zero-order valence-electron chi connectivity index (χ0n) is 11.8. The Hall–Kier alpha value is -1.88. The van der Waals surface area contributed by atoms with Gasteiger partial charge in [-0.25, -0.2) is 4.98 Å². The summed E-state index contributed by atoms with van der Waals surface area (Å²) in [7, 11) is 0. The molecule has 5 heteroatoms. The fourth-order valence-electron chi connectivity index (χ4n) is 2.13. The summed E-state index contributed by atoms with van der Waals surface area (Å²) in [6.07, 6.45) is -0.0422. The van der Waals surface area contributed by atoms with Crippen LogP contribution in [0.4, 0.5) is 0 Å². The first kappa shape index (κ1) is 14.5. The number of carboxylic acid groups (broad SMARTS) is 1. The molecule has 0 spiro atoms. The van der Waals surface area contributed by atoms with Gasteiger partial charge in [0.15, 0.2) is 0 Å². The first-order chi connectivity index (χ1) is 9.51. The van der Waals surface area contributed by atoms with E-state index in [1.807, 2.05) is 32.2 Å². The van der Waals surface area contributed by atoms with Crippen molar-refractivity contribution >= 4 is 17.3 Å². The molecule has 0 radical (unpaired) electrons. The van der Waals surface area contributed by atoms with Gasteiger partial charge in [-0.2, -0.15) is 0 Å². The molecule has 0 atom stereocenters. The third-order valence-electron chi connectivity index (χ3n) is 2.84. The Labute approximate surface area is 122 Å². The van der Waals surface area contributed by atoms with Crippen molar-refractivity contribution < 1.29 is 14.6 Å². The summed E-state index contributed by atoms with van der Waals surface area (Å²) in [5, 5.41) is 11.3. The zero-order valence-corrected chi connectivity index (χ0v) is 12.6. The van der Waals surface area contributed by atoms with Gasteiger partial charge >= 0.3 is 5.97 Å². The molecule has 0 saturated carbocycles. The molecule has 0 saturated heterocycles. The number of rotatable bonds is 5. The van der Waals surface area contributed by atoms with Crippen LogP contribution in [0.2, 0.25) is 0 Å². The van der Waals surface area contributed by atoms with Gasteiger partial charge in [-0.1, -0.05) is 6.07 Å². The lowest BCUT2D eigenvalue weighted by atomic mass is 10.0. The van der Waals surface area contributed by atoms with Gasteiger partial charge < -0.3 is 9.84 Å². The van der Waals surface area contributed by atoms with Gasteiger partial charge in [0, 0.05) is 10.9 Å². The zero-order chi connectivity index (χ0) is 14.7. The Morgan fingerprint density at radius 2 is 2.15 bits per heavy atom. The van der Waals surface area contributed by atoms with Crippen molar-refractivity contribution in [3.63, 3.8) is 0 Å². The van der Waals surface area contributed by atoms with Crippen LogP contribution in [0.1, 0.15) is 23.1 Å². The number of nitrogens with zero attached hydrogens (tertiary/aromatic N) is 1. The molecule has 106 valence electrons. The van der Waals surface area contributed by atoms with Crippen molar-refractivity contribution in [3.05, 3.63) is 33.6 Å². The van der Waals surface area contributed by atoms with Crippen LogP contribution in [0.25, 0.3) is 11.3 Å². The third kappa shape index (κ3) is 3.17.